The molecular formula is C13H22N2O5. The van der Waals surface area contributed by atoms with Gasteiger partial charge in [0.2, 0.25) is 11.8 Å². The second-order valence-corrected chi connectivity index (χ2v) is 5.22. The van der Waals surface area contributed by atoms with Crippen LogP contribution in [0.15, 0.2) is 0 Å². The van der Waals surface area contributed by atoms with E-state index in [9.17, 15) is 14.4 Å². The Morgan fingerprint density at radius 3 is 2.60 bits per heavy atom. The predicted octanol–water partition coefficient (Wildman–Crippen LogP) is -0.151. The molecule has 0 bridgehead atoms. The van der Waals surface area contributed by atoms with Gasteiger partial charge in [-0.05, 0) is 13.8 Å². The predicted molar refractivity (Wildman–Crippen MR) is 71.0 cm³/mol. The molecule has 0 aromatic rings. The average molecular weight is 286 g/mol. The minimum absolute atomic E-state index is 0.0454. The van der Waals surface area contributed by atoms with E-state index in [-0.39, 0.29) is 37.3 Å². The van der Waals surface area contributed by atoms with Crippen molar-refractivity contribution in [2.75, 3.05) is 20.3 Å². The number of carboxylic acids is 1. The van der Waals surface area contributed by atoms with Crippen LogP contribution in [-0.2, 0) is 19.1 Å². The van der Waals surface area contributed by atoms with Crippen LogP contribution in [0, 0.1) is 5.92 Å². The zero-order chi connectivity index (χ0) is 15.3. The average Bonchev–Trinajstić information content (AvgIpc) is 2.76. The van der Waals surface area contributed by atoms with Crippen LogP contribution >= 0.6 is 0 Å². The molecule has 0 unspecified atom stereocenters. The summed E-state index contributed by atoms with van der Waals surface area (Å²) in [6.45, 7) is 4.37. The highest BCUT2D eigenvalue weighted by atomic mass is 16.5. The van der Waals surface area contributed by atoms with Gasteiger partial charge in [0, 0.05) is 39.1 Å². The van der Waals surface area contributed by atoms with E-state index in [4.69, 9.17) is 9.84 Å². The number of hydrogen-bond acceptors (Lipinski definition) is 4. The van der Waals surface area contributed by atoms with Crippen LogP contribution in [0.1, 0.15) is 26.7 Å². The Kier molecular flexibility index (Phi) is 5.94. The number of likely N-dealkylation sites (tertiary alicyclic amines) is 1. The first kappa shape index (κ1) is 16.4. The quantitative estimate of drug-likeness (QED) is 0.678. The van der Waals surface area contributed by atoms with Crippen molar-refractivity contribution in [3.63, 3.8) is 0 Å². The molecule has 1 aliphatic rings. The second kappa shape index (κ2) is 7.23. The van der Waals surface area contributed by atoms with E-state index in [1.807, 2.05) is 13.8 Å². The van der Waals surface area contributed by atoms with E-state index in [1.54, 1.807) is 4.90 Å². The maximum atomic E-state index is 12.0. The van der Waals surface area contributed by atoms with E-state index in [0.29, 0.717) is 6.54 Å². The highest BCUT2D eigenvalue weighted by molar-refractivity contribution is 5.91. The lowest BCUT2D eigenvalue weighted by atomic mass is 10.1. The monoisotopic (exact) mass is 286 g/mol. The largest absolute Gasteiger partial charge is 0.480 e. The number of ether oxygens (including phenoxy) is 1. The third-order valence-electron chi connectivity index (χ3n) is 3.38. The highest BCUT2D eigenvalue weighted by Gasteiger charge is 2.36. The van der Waals surface area contributed by atoms with Crippen molar-refractivity contribution >= 4 is 17.8 Å². The summed E-state index contributed by atoms with van der Waals surface area (Å²) in [4.78, 5) is 36.5. The lowest BCUT2D eigenvalue weighted by Crippen LogP contribution is -2.45. The highest BCUT2D eigenvalue weighted by Crippen LogP contribution is 2.20. The molecule has 1 heterocycles. The fourth-order valence-electron chi connectivity index (χ4n) is 2.19. The smallest absolute Gasteiger partial charge is 0.326 e. The molecule has 2 atom stereocenters. The van der Waals surface area contributed by atoms with Crippen molar-refractivity contribution in [1.29, 1.82) is 0 Å². The van der Waals surface area contributed by atoms with Gasteiger partial charge in [-0.1, -0.05) is 0 Å². The summed E-state index contributed by atoms with van der Waals surface area (Å²) >= 11 is 0. The molecular weight excluding hydrogens is 264 g/mol. The first-order valence-corrected chi connectivity index (χ1v) is 6.68. The lowest BCUT2D eigenvalue weighted by molar-refractivity contribution is -0.142. The van der Waals surface area contributed by atoms with Gasteiger partial charge in [-0.15, -0.1) is 0 Å². The number of nitrogens with zero attached hydrogens (tertiary/aromatic N) is 1. The Hall–Kier alpha value is -1.63. The van der Waals surface area contributed by atoms with Gasteiger partial charge in [0.05, 0.1) is 5.92 Å². The van der Waals surface area contributed by atoms with Gasteiger partial charge in [0.15, 0.2) is 0 Å². The van der Waals surface area contributed by atoms with E-state index >= 15 is 0 Å². The molecule has 0 spiro atoms. The van der Waals surface area contributed by atoms with Gasteiger partial charge in [0.1, 0.15) is 6.04 Å². The molecule has 7 nitrogen and oxygen atoms in total. The molecule has 1 aliphatic heterocycles. The van der Waals surface area contributed by atoms with Crippen LogP contribution in [0.4, 0.5) is 0 Å². The van der Waals surface area contributed by atoms with Gasteiger partial charge in [-0.25, -0.2) is 4.79 Å². The van der Waals surface area contributed by atoms with Gasteiger partial charge < -0.3 is 20.1 Å². The van der Waals surface area contributed by atoms with Gasteiger partial charge in [0.25, 0.3) is 0 Å². The number of amides is 2. The SMILES string of the molecule is COCC[C@@H](NC(=O)[C@H]1CC(=O)N(C(C)C)C1)C(=O)O. The molecule has 2 amide bonds. The number of methoxy groups -OCH3 is 1. The maximum absolute atomic E-state index is 12.0. The summed E-state index contributed by atoms with van der Waals surface area (Å²) in [6, 6.07) is -0.935. The van der Waals surface area contributed by atoms with Crippen LogP contribution < -0.4 is 5.32 Å². The normalized spacial score (nSPS) is 20.3. The van der Waals surface area contributed by atoms with Crippen molar-refractivity contribution in [3.05, 3.63) is 0 Å². The van der Waals surface area contributed by atoms with Crippen LogP contribution in [0.3, 0.4) is 0 Å². The van der Waals surface area contributed by atoms with Crippen molar-refractivity contribution in [2.45, 2.75) is 38.8 Å². The third-order valence-corrected chi connectivity index (χ3v) is 3.38. The molecule has 2 N–H and O–H groups in total. The Bertz CT molecular complexity index is 383. The van der Waals surface area contributed by atoms with Gasteiger partial charge in [-0.2, -0.15) is 0 Å². The summed E-state index contributed by atoms with van der Waals surface area (Å²) in [5.41, 5.74) is 0. The number of aliphatic carboxylic acids is 1. The standard InChI is InChI=1S/C13H22N2O5/c1-8(2)15-7-9(6-11(15)16)12(17)14-10(13(18)19)4-5-20-3/h8-10H,4-7H2,1-3H3,(H,14,17)(H,18,19)/t9-,10+/m0/s1. The molecule has 0 aliphatic carbocycles. The lowest BCUT2D eigenvalue weighted by Gasteiger charge is -2.21. The zero-order valence-electron chi connectivity index (χ0n) is 12.1. The minimum Gasteiger partial charge on any atom is -0.480 e. The summed E-state index contributed by atoms with van der Waals surface area (Å²) < 4.78 is 4.82. The minimum atomic E-state index is -1.10. The molecule has 0 radical (unpaired) electrons. The molecule has 1 rings (SSSR count). The molecule has 1 fully saturated rings. The summed E-state index contributed by atoms with van der Waals surface area (Å²) in [5.74, 6) is -2.02. The Morgan fingerprint density at radius 2 is 2.15 bits per heavy atom. The molecule has 20 heavy (non-hydrogen) atoms. The van der Waals surface area contributed by atoms with Crippen LogP contribution in [0.2, 0.25) is 0 Å². The molecule has 0 aromatic carbocycles. The van der Waals surface area contributed by atoms with Crippen LogP contribution in [0.5, 0.6) is 0 Å². The summed E-state index contributed by atoms with van der Waals surface area (Å²) in [5, 5.41) is 11.5. The van der Waals surface area contributed by atoms with E-state index in [0.717, 1.165) is 0 Å². The Labute approximate surface area is 118 Å². The summed E-state index contributed by atoms with van der Waals surface area (Å²) in [7, 11) is 1.47. The maximum Gasteiger partial charge on any atom is 0.326 e. The fourth-order valence-corrected chi connectivity index (χ4v) is 2.19. The number of carbonyl (C=O) groups excluding carboxylic acids is 2. The van der Waals surface area contributed by atoms with Crippen molar-refractivity contribution in [1.82, 2.24) is 10.2 Å². The van der Waals surface area contributed by atoms with E-state index in [1.165, 1.54) is 7.11 Å². The Morgan fingerprint density at radius 1 is 1.50 bits per heavy atom. The van der Waals surface area contributed by atoms with E-state index in [2.05, 4.69) is 5.32 Å². The molecule has 1 saturated heterocycles. The Balaban J connectivity index is 2.57. The van der Waals surface area contributed by atoms with E-state index < -0.39 is 17.9 Å². The third kappa shape index (κ3) is 4.19. The number of carbonyl (C=O) groups is 3. The first-order valence-electron chi connectivity index (χ1n) is 6.68. The molecule has 114 valence electrons. The molecule has 0 saturated carbocycles. The zero-order valence-corrected chi connectivity index (χ0v) is 12.1. The number of rotatable bonds is 7. The van der Waals surface area contributed by atoms with Crippen molar-refractivity contribution in [3.8, 4) is 0 Å². The fraction of sp³-hybridized carbons (Fsp3) is 0.769. The summed E-state index contributed by atoms with van der Waals surface area (Å²) in [6.07, 6.45) is 0.340. The van der Waals surface area contributed by atoms with Crippen LogP contribution in [0.25, 0.3) is 0 Å². The van der Waals surface area contributed by atoms with Crippen molar-refractivity contribution in [2.24, 2.45) is 5.92 Å². The van der Waals surface area contributed by atoms with Gasteiger partial charge in [-0.3, -0.25) is 9.59 Å². The first-order chi connectivity index (χ1) is 9.36. The number of carboxylic acid groups (broad SMARTS) is 1. The van der Waals surface area contributed by atoms with Crippen molar-refractivity contribution < 1.29 is 24.2 Å². The molecule has 7 heteroatoms. The van der Waals surface area contributed by atoms with Gasteiger partial charge >= 0.3 is 5.97 Å². The topological polar surface area (TPSA) is 95.9 Å². The van der Waals surface area contributed by atoms with Crippen LogP contribution in [-0.4, -0.2) is 60.1 Å². The molecule has 0 aromatic heterocycles. The number of hydrogen-bond donors (Lipinski definition) is 2. The number of nitrogens with one attached hydrogen (secondary N) is 1. The second-order valence-electron chi connectivity index (χ2n) is 5.22.